The van der Waals surface area contributed by atoms with Gasteiger partial charge in [-0.2, -0.15) is 13.2 Å². The molecule has 1 amide bonds. The minimum Gasteiger partial charge on any atom is -0.444 e. The van der Waals surface area contributed by atoms with Crippen LogP contribution >= 0.6 is 0 Å². The fourth-order valence-corrected chi connectivity index (χ4v) is 2.93. The monoisotopic (exact) mass is 405 g/mol. The number of anilines is 1. The molecule has 1 aromatic rings. The summed E-state index contributed by atoms with van der Waals surface area (Å²) in [7, 11) is 0. The smallest absolute Gasteiger partial charge is 0.417 e. The van der Waals surface area contributed by atoms with Gasteiger partial charge in [0.1, 0.15) is 11.4 Å². The summed E-state index contributed by atoms with van der Waals surface area (Å²) in [5, 5.41) is 0. The molecule has 1 aromatic heterocycles. The molecule has 1 unspecified atom stereocenters. The maximum absolute atomic E-state index is 14.4. The van der Waals surface area contributed by atoms with Crippen LogP contribution in [-0.2, 0) is 15.7 Å². The number of piperazine rings is 1. The zero-order valence-electron chi connectivity index (χ0n) is 16.1. The molecule has 2 rings (SSSR count). The molecule has 0 N–H and O–H groups in total. The van der Waals surface area contributed by atoms with Crippen LogP contribution in [0.25, 0.3) is 0 Å². The first-order valence-corrected chi connectivity index (χ1v) is 8.74. The minimum atomic E-state index is -4.71. The van der Waals surface area contributed by atoms with Crippen LogP contribution in [-0.4, -0.2) is 53.0 Å². The van der Waals surface area contributed by atoms with E-state index in [9.17, 15) is 27.2 Å². The van der Waals surface area contributed by atoms with Crippen molar-refractivity contribution in [2.24, 2.45) is 0 Å². The van der Waals surface area contributed by atoms with Crippen molar-refractivity contribution >= 4 is 17.7 Å². The Morgan fingerprint density at radius 2 is 1.89 bits per heavy atom. The highest BCUT2D eigenvalue weighted by atomic mass is 19.4. The molecule has 0 aromatic carbocycles. The second-order valence-electron chi connectivity index (χ2n) is 7.71. The number of ether oxygens (including phenoxy) is 1. The molecule has 10 heteroatoms. The SMILES string of the molecule is CC(=O)CC1CN(C(=O)OC(C)(C)C)CCN1c1ncc(C(F)(F)F)cc1F. The molecule has 28 heavy (non-hydrogen) atoms. The lowest BCUT2D eigenvalue weighted by molar-refractivity contribution is -0.138. The number of nitrogens with zero attached hydrogens (tertiary/aromatic N) is 3. The van der Waals surface area contributed by atoms with E-state index in [4.69, 9.17) is 4.74 Å². The molecule has 1 atom stereocenters. The largest absolute Gasteiger partial charge is 0.444 e. The third-order valence-corrected chi connectivity index (χ3v) is 4.08. The molecule has 1 saturated heterocycles. The first-order valence-electron chi connectivity index (χ1n) is 8.74. The first kappa shape index (κ1) is 21.9. The van der Waals surface area contributed by atoms with Gasteiger partial charge in [0, 0.05) is 32.3 Å². The van der Waals surface area contributed by atoms with E-state index >= 15 is 0 Å². The predicted octanol–water partition coefficient (Wildman–Crippen LogP) is 3.64. The number of ketones is 1. The van der Waals surface area contributed by atoms with E-state index in [0.29, 0.717) is 12.3 Å². The predicted molar refractivity (Wildman–Crippen MR) is 93.4 cm³/mol. The summed E-state index contributed by atoms with van der Waals surface area (Å²) in [6, 6.07) is -0.245. The van der Waals surface area contributed by atoms with E-state index in [0.717, 1.165) is 0 Å². The molecule has 1 aliphatic heterocycles. The molecule has 0 spiro atoms. The molecule has 1 fully saturated rings. The Labute approximate surface area is 160 Å². The summed E-state index contributed by atoms with van der Waals surface area (Å²) >= 11 is 0. The minimum absolute atomic E-state index is 0.0125. The average molecular weight is 405 g/mol. The number of carbonyl (C=O) groups is 2. The van der Waals surface area contributed by atoms with Crippen LogP contribution in [0.15, 0.2) is 12.3 Å². The Balaban J connectivity index is 2.25. The van der Waals surface area contributed by atoms with E-state index in [-0.39, 0.29) is 37.7 Å². The van der Waals surface area contributed by atoms with Gasteiger partial charge in [-0.25, -0.2) is 14.2 Å². The highest BCUT2D eigenvalue weighted by Gasteiger charge is 2.36. The van der Waals surface area contributed by atoms with Crippen LogP contribution in [0.5, 0.6) is 0 Å². The topological polar surface area (TPSA) is 62.7 Å². The standard InChI is InChI=1S/C18H23F4N3O3/c1-11(26)7-13-10-24(16(27)28-17(2,3)4)5-6-25(13)15-14(19)8-12(9-23-15)18(20,21)22/h8-9,13H,5-7,10H2,1-4H3. The fraction of sp³-hybridized carbons (Fsp3) is 0.611. The zero-order chi connectivity index (χ0) is 21.3. The van der Waals surface area contributed by atoms with Crippen molar-refractivity contribution in [3.05, 3.63) is 23.6 Å². The Hall–Kier alpha value is -2.39. The van der Waals surface area contributed by atoms with Crippen molar-refractivity contribution in [1.82, 2.24) is 9.88 Å². The number of aromatic nitrogens is 1. The van der Waals surface area contributed by atoms with Crippen molar-refractivity contribution in [2.45, 2.75) is 51.9 Å². The lowest BCUT2D eigenvalue weighted by atomic mass is 10.1. The van der Waals surface area contributed by atoms with Crippen LogP contribution in [0.4, 0.5) is 28.2 Å². The molecular formula is C18H23F4N3O3. The molecule has 2 heterocycles. The highest BCUT2D eigenvalue weighted by Crippen LogP contribution is 2.32. The van der Waals surface area contributed by atoms with Gasteiger partial charge in [-0.05, 0) is 33.8 Å². The second kappa shape index (κ2) is 7.92. The van der Waals surface area contributed by atoms with Crippen molar-refractivity contribution in [3.8, 4) is 0 Å². The van der Waals surface area contributed by atoms with Crippen molar-refractivity contribution < 1.29 is 31.9 Å². The van der Waals surface area contributed by atoms with Gasteiger partial charge in [0.2, 0.25) is 0 Å². The van der Waals surface area contributed by atoms with Gasteiger partial charge in [-0.15, -0.1) is 0 Å². The van der Waals surface area contributed by atoms with Crippen LogP contribution in [0.1, 0.15) is 39.7 Å². The number of hydrogen-bond donors (Lipinski definition) is 0. The Kier molecular flexibility index (Phi) is 6.20. The van der Waals surface area contributed by atoms with Crippen LogP contribution < -0.4 is 4.90 Å². The van der Waals surface area contributed by atoms with Crippen LogP contribution in [0.3, 0.4) is 0 Å². The van der Waals surface area contributed by atoms with E-state index in [1.54, 1.807) is 20.8 Å². The molecule has 0 aliphatic carbocycles. The number of rotatable bonds is 3. The average Bonchev–Trinajstić information content (AvgIpc) is 2.52. The van der Waals surface area contributed by atoms with Crippen molar-refractivity contribution in [1.29, 1.82) is 0 Å². The Morgan fingerprint density at radius 3 is 2.39 bits per heavy atom. The zero-order valence-corrected chi connectivity index (χ0v) is 16.1. The van der Waals surface area contributed by atoms with E-state index < -0.39 is 35.3 Å². The van der Waals surface area contributed by atoms with Gasteiger partial charge in [0.05, 0.1) is 11.6 Å². The molecule has 6 nitrogen and oxygen atoms in total. The summed E-state index contributed by atoms with van der Waals surface area (Å²) in [6.45, 7) is 6.83. The summed E-state index contributed by atoms with van der Waals surface area (Å²) < 4.78 is 57.9. The lowest BCUT2D eigenvalue weighted by Gasteiger charge is -2.42. The number of amides is 1. The summed E-state index contributed by atoms with van der Waals surface area (Å²) in [5.41, 5.74) is -1.89. The first-order chi connectivity index (χ1) is 12.8. The molecule has 1 aliphatic rings. The van der Waals surface area contributed by atoms with Gasteiger partial charge >= 0.3 is 12.3 Å². The fourth-order valence-electron chi connectivity index (χ4n) is 2.93. The maximum atomic E-state index is 14.4. The molecule has 156 valence electrons. The summed E-state index contributed by atoms with van der Waals surface area (Å²) in [4.78, 5) is 30.4. The summed E-state index contributed by atoms with van der Waals surface area (Å²) in [6.07, 6.45) is -4.73. The normalized spacial score (nSPS) is 18.2. The number of carbonyl (C=O) groups excluding carboxylic acids is 2. The molecule has 0 radical (unpaired) electrons. The van der Waals surface area contributed by atoms with Gasteiger partial charge in [-0.1, -0.05) is 0 Å². The van der Waals surface area contributed by atoms with Gasteiger partial charge in [0.25, 0.3) is 0 Å². The van der Waals surface area contributed by atoms with Gasteiger partial charge < -0.3 is 14.5 Å². The van der Waals surface area contributed by atoms with Crippen LogP contribution in [0, 0.1) is 5.82 Å². The number of Topliss-reactive ketones (excluding diaryl/α,β-unsaturated/α-hetero) is 1. The van der Waals surface area contributed by atoms with E-state index in [1.807, 2.05) is 0 Å². The number of hydrogen-bond acceptors (Lipinski definition) is 5. The van der Waals surface area contributed by atoms with Crippen molar-refractivity contribution in [2.75, 3.05) is 24.5 Å². The quantitative estimate of drug-likeness (QED) is 0.719. The van der Waals surface area contributed by atoms with Gasteiger partial charge in [0.15, 0.2) is 11.6 Å². The number of halogens is 4. The second-order valence-corrected chi connectivity index (χ2v) is 7.71. The number of alkyl halides is 3. The van der Waals surface area contributed by atoms with Crippen LogP contribution in [0.2, 0.25) is 0 Å². The van der Waals surface area contributed by atoms with E-state index in [2.05, 4.69) is 4.98 Å². The van der Waals surface area contributed by atoms with E-state index in [1.165, 1.54) is 16.7 Å². The van der Waals surface area contributed by atoms with Crippen molar-refractivity contribution in [3.63, 3.8) is 0 Å². The number of pyridine rings is 1. The molecule has 0 bridgehead atoms. The highest BCUT2D eigenvalue weighted by molar-refractivity contribution is 5.77. The molecular weight excluding hydrogens is 382 g/mol. The maximum Gasteiger partial charge on any atom is 0.417 e. The van der Waals surface area contributed by atoms with Gasteiger partial charge in [-0.3, -0.25) is 4.79 Å². The third-order valence-electron chi connectivity index (χ3n) is 4.08. The molecule has 0 saturated carbocycles. The third kappa shape index (κ3) is 5.56. The summed E-state index contributed by atoms with van der Waals surface area (Å²) in [5.74, 6) is -1.61. The lowest BCUT2D eigenvalue weighted by Crippen LogP contribution is -2.56. The Morgan fingerprint density at radius 1 is 1.25 bits per heavy atom. The Bertz CT molecular complexity index is 747.